The van der Waals surface area contributed by atoms with Crippen LogP contribution in [-0.2, 0) is 11.2 Å². The lowest BCUT2D eigenvalue weighted by atomic mass is 9.69. The largest absolute Gasteiger partial charge is 0.384 e. The van der Waals surface area contributed by atoms with Gasteiger partial charge in [-0.3, -0.25) is 19.8 Å². The average molecular weight is 449 g/mol. The summed E-state index contributed by atoms with van der Waals surface area (Å²) < 4.78 is 0. The van der Waals surface area contributed by atoms with Gasteiger partial charge in [0.1, 0.15) is 5.82 Å². The van der Waals surface area contributed by atoms with Crippen LogP contribution in [0.3, 0.4) is 0 Å². The minimum absolute atomic E-state index is 0.0138. The summed E-state index contributed by atoms with van der Waals surface area (Å²) in [5.41, 5.74) is 8.58. The van der Waals surface area contributed by atoms with E-state index in [1.165, 1.54) is 17.0 Å². The second-order valence-electron chi connectivity index (χ2n) is 8.91. The Morgan fingerprint density at radius 1 is 1.25 bits per heavy atom. The Kier molecular flexibility index (Phi) is 5.39. The van der Waals surface area contributed by atoms with Crippen molar-refractivity contribution in [3.8, 4) is 6.07 Å². The molecule has 2 aromatic rings. The van der Waals surface area contributed by atoms with Crippen LogP contribution >= 0.6 is 11.3 Å². The molecule has 8 heteroatoms. The van der Waals surface area contributed by atoms with Gasteiger partial charge in [0.25, 0.3) is 5.69 Å². The van der Waals surface area contributed by atoms with E-state index in [4.69, 9.17) is 5.73 Å². The summed E-state index contributed by atoms with van der Waals surface area (Å²) in [5, 5.41) is 21.2. The molecular weight excluding hydrogens is 424 g/mol. The second-order valence-corrected chi connectivity index (χ2v) is 10.1. The van der Waals surface area contributed by atoms with Crippen LogP contribution in [-0.4, -0.2) is 10.7 Å². The molecule has 0 spiro atoms. The molecule has 2 heterocycles. The Labute approximate surface area is 190 Å². The highest BCUT2D eigenvalue weighted by molar-refractivity contribution is 7.12. The predicted molar refractivity (Wildman–Crippen MR) is 124 cm³/mol. The lowest BCUT2D eigenvalue weighted by molar-refractivity contribution is -0.384. The molecule has 0 amide bonds. The first kappa shape index (κ1) is 21.8. The van der Waals surface area contributed by atoms with E-state index >= 15 is 0 Å². The molecule has 0 bridgehead atoms. The number of non-ortho nitro benzene ring substituents is 1. The third-order valence-corrected chi connectivity index (χ3v) is 7.31. The molecule has 164 valence electrons. The van der Waals surface area contributed by atoms with Crippen LogP contribution in [0.1, 0.15) is 49.3 Å². The number of benzene rings is 1. The number of nitro groups is 1. The van der Waals surface area contributed by atoms with Gasteiger partial charge in [-0.1, -0.05) is 20.8 Å². The fourth-order valence-corrected chi connectivity index (χ4v) is 5.62. The molecule has 0 radical (unpaired) electrons. The Morgan fingerprint density at radius 2 is 1.94 bits per heavy atom. The van der Waals surface area contributed by atoms with Crippen LogP contribution in [0.25, 0.3) is 0 Å². The Bertz CT molecular complexity index is 1210. The minimum Gasteiger partial charge on any atom is -0.384 e. The van der Waals surface area contributed by atoms with Gasteiger partial charge in [0, 0.05) is 45.3 Å². The number of nitro benzene ring substituents is 1. The smallest absolute Gasteiger partial charge is 0.269 e. The van der Waals surface area contributed by atoms with Gasteiger partial charge in [-0.25, -0.2) is 0 Å². The van der Waals surface area contributed by atoms with Crippen LogP contribution in [0.4, 0.5) is 11.4 Å². The van der Waals surface area contributed by atoms with Crippen molar-refractivity contribution < 1.29 is 9.72 Å². The predicted octanol–water partition coefficient (Wildman–Crippen LogP) is 5.16. The highest BCUT2D eigenvalue weighted by atomic mass is 32.1. The highest BCUT2D eigenvalue weighted by Crippen LogP contribution is 2.51. The quantitative estimate of drug-likeness (QED) is 0.510. The molecular formula is C24H24N4O3S. The second kappa shape index (κ2) is 7.92. The van der Waals surface area contributed by atoms with Crippen molar-refractivity contribution in [1.82, 2.24) is 0 Å². The van der Waals surface area contributed by atoms with Crippen molar-refractivity contribution in [3.05, 3.63) is 78.9 Å². The van der Waals surface area contributed by atoms with Crippen LogP contribution in [0.2, 0.25) is 0 Å². The molecule has 1 atom stereocenters. The molecule has 1 aliphatic heterocycles. The molecule has 1 aromatic carbocycles. The lowest BCUT2D eigenvalue weighted by Crippen LogP contribution is -2.42. The summed E-state index contributed by atoms with van der Waals surface area (Å²) in [7, 11) is 0. The van der Waals surface area contributed by atoms with Gasteiger partial charge in [0.05, 0.1) is 22.5 Å². The van der Waals surface area contributed by atoms with E-state index in [1.54, 1.807) is 28.4 Å². The van der Waals surface area contributed by atoms with E-state index in [2.05, 4.69) is 13.0 Å². The topological polar surface area (TPSA) is 113 Å². The maximum atomic E-state index is 13.5. The van der Waals surface area contributed by atoms with Gasteiger partial charge in [-0.15, -0.1) is 11.3 Å². The van der Waals surface area contributed by atoms with Crippen molar-refractivity contribution in [3.63, 3.8) is 0 Å². The molecule has 2 N–H and O–H groups in total. The standard InChI is InChI=1S/C24H24N4O3S/c1-4-16-9-10-20(32-16)21-17(13-25)23(26)27(14-5-7-15(8-6-14)28(30)31)18-11-24(2,3)12-19(29)22(18)21/h5-10,21H,4,11-12,26H2,1-3H3/t21-/m1/s1. The summed E-state index contributed by atoms with van der Waals surface area (Å²) in [5.74, 6) is -0.208. The molecule has 1 aromatic heterocycles. The van der Waals surface area contributed by atoms with Gasteiger partial charge >= 0.3 is 0 Å². The fraction of sp³-hybridized carbons (Fsp3) is 0.333. The maximum Gasteiger partial charge on any atom is 0.269 e. The van der Waals surface area contributed by atoms with Crippen LogP contribution < -0.4 is 10.6 Å². The van der Waals surface area contributed by atoms with Crippen molar-refractivity contribution in [1.29, 1.82) is 5.26 Å². The van der Waals surface area contributed by atoms with Gasteiger partial charge in [0.15, 0.2) is 5.78 Å². The van der Waals surface area contributed by atoms with E-state index in [-0.39, 0.29) is 22.7 Å². The number of anilines is 1. The maximum absolute atomic E-state index is 13.5. The number of Topliss-reactive ketones (excluding diaryl/α,β-unsaturated/α-hetero) is 1. The number of nitriles is 1. The third-order valence-electron chi connectivity index (χ3n) is 6.02. The Hall–Kier alpha value is -3.44. The first-order chi connectivity index (χ1) is 15.2. The number of allylic oxidation sites excluding steroid dienone is 3. The molecule has 0 saturated carbocycles. The number of carbonyl (C=O) groups excluding carboxylic acids is 1. The minimum atomic E-state index is -0.488. The molecule has 2 aliphatic rings. The van der Waals surface area contributed by atoms with E-state index in [9.17, 15) is 20.2 Å². The van der Waals surface area contributed by atoms with Crippen molar-refractivity contribution in [2.75, 3.05) is 4.90 Å². The van der Waals surface area contributed by atoms with E-state index in [0.29, 0.717) is 29.7 Å². The summed E-state index contributed by atoms with van der Waals surface area (Å²) in [6, 6.07) is 12.3. The van der Waals surface area contributed by atoms with Crippen LogP contribution in [0.5, 0.6) is 0 Å². The Balaban J connectivity index is 1.94. The molecule has 1 aliphatic carbocycles. The number of aryl methyl sites for hydroxylation is 1. The first-order valence-electron chi connectivity index (χ1n) is 10.5. The number of hydrogen-bond acceptors (Lipinski definition) is 7. The Morgan fingerprint density at radius 3 is 2.50 bits per heavy atom. The summed E-state index contributed by atoms with van der Waals surface area (Å²) in [4.78, 5) is 27.9. The number of thiophene rings is 1. The van der Waals surface area contributed by atoms with Crippen molar-refractivity contribution in [2.24, 2.45) is 11.1 Å². The molecule has 0 saturated heterocycles. The molecule has 4 rings (SSSR count). The summed E-state index contributed by atoms with van der Waals surface area (Å²) in [6.45, 7) is 6.15. The van der Waals surface area contributed by atoms with E-state index < -0.39 is 10.8 Å². The zero-order valence-electron chi connectivity index (χ0n) is 18.2. The molecule has 7 nitrogen and oxygen atoms in total. The van der Waals surface area contributed by atoms with Crippen LogP contribution in [0, 0.1) is 26.9 Å². The highest BCUT2D eigenvalue weighted by Gasteiger charge is 2.45. The van der Waals surface area contributed by atoms with E-state index in [0.717, 1.165) is 17.0 Å². The molecule has 32 heavy (non-hydrogen) atoms. The monoisotopic (exact) mass is 448 g/mol. The third kappa shape index (κ3) is 3.59. The number of nitrogens with two attached hydrogens (primary N) is 1. The lowest BCUT2D eigenvalue weighted by Gasteiger charge is -2.43. The van der Waals surface area contributed by atoms with Crippen LogP contribution in [0.15, 0.2) is 59.1 Å². The van der Waals surface area contributed by atoms with E-state index in [1.807, 2.05) is 26.0 Å². The number of carbonyl (C=O) groups is 1. The first-order valence-corrected chi connectivity index (χ1v) is 11.3. The summed E-state index contributed by atoms with van der Waals surface area (Å²) in [6.07, 6.45) is 1.87. The average Bonchev–Trinajstić information content (AvgIpc) is 3.21. The molecule has 0 fully saturated rings. The normalized spacial score (nSPS) is 20.2. The zero-order chi connectivity index (χ0) is 23.2. The number of ketones is 1. The SMILES string of the molecule is CCc1ccc([C@H]2C(C#N)=C(N)N(c3ccc([N+](=O)[O-])cc3)C3=C2C(=O)CC(C)(C)C3)s1. The van der Waals surface area contributed by atoms with Gasteiger partial charge < -0.3 is 5.73 Å². The number of hydrogen-bond donors (Lipinski definition) is 1. The molecule has 0 unspecified atom stereocenters. The number of rotatable bonds is 4. The van der Waals surface area contributed by atoms with Crippen molar-refractivity contribution >= 4 is 28.5 Å². The van der Waals surface area contributed by atoms with Gasteiger partial charge in [-0.05, 0) is 42.5 Å². The summed E-state index contributed by atoms with van der Waals surface area (Å²) >= 11 is 1.60. The van der Waals surface area contributed by atoms with Gasteiger partial charge in [0.2, 0.25) is 0 Å². The zero-order valence-corrected chi connectivity index (χ0v) is 19.0. The number of nitrogens with zero attached hydrogens (tertiary/aromatic N) is 3. The fourth-order valence-electron chi connectivity index (χ4n) is 4.55. The van der Waals surface area contributed by atoms with Crippen molar-refractivity contribution in [2.45, 2.75) is 46.0 Å². The van der Waals surface area contributed by atoms with Gasteiger partial charge in [-0.2, -0.15) is 5.26 Å².